The fourth-order valence-electron chi connectivity index (χ4n) is 3.51. The van der Waals surface area contributed by atoms with Gasteiger partial charge >= 0.3 is 0 Å². The van der Waals surface area contributed by atoms with E-state index in [1.54, 1.807) is 18.0 Å². The molecule has 3 aromatic rings. The summed E-state index contributed by atoms with van der Waals surface area (Å²) in [5.41, 5.74) is 0.355. The predicted octanol–water partition coefficient (Wildman–Crippen LogP) is 2.63. The number of aryl methyl sites for hydroxylation is 1. The lowest BCUT2D eigenvalue weighted by molar-refractivity contribution is -0.385. The third-order valence-corrected chi connectivity index (χ3v) is 5.08. The van der Waals surface area contributed by atoms with E-state index >= 15 is 0 Å². The first-order chi connectivity index (χ1) is 14.8. The van der Waals surface area contributed by atoms with Gasteiger partial charge in [-0.25, -0.2) is 13.8 Å². The second-order valence-corrected chi connectivity index (χ2v) is 7.10. The Morgan fingerprint density at radius 3 is 2.48 bits per heavy atom. The van der Waals surface area contributed by atoms with Crippen LogP contribution in [0.4, 0.5) is 20.3 Å². The zero-order chi connectivity index (χ0) is 22.1. The van der Waals surface area contributed by atoms with Crippen molar-refractivity contribution in [3.05, 3.63) is 70.0 Å². The number of carbonyl (C=O) groups is 1. The lowest BCUT2D eigenvalue weighted by Crippen LogP contribution is -2.49. The quantitative estimate of drug-likeness (QED) is 0.468. The molecule has 0 spiro atoms. The van der Waals surface area contributed by atoms with Gasteiger partial charge in [0.25, 0.3) is 11.6 Å². The first kappa shape index (κ1) is 20.4. The molecule has 4 rings (SSSR count). The molecule has 3 heterocycles. The molecule has 0 atom stereocenters. The van der Waals surface area contributed by atoms with Crippen LogP contribution in [-0.4, -0.2) is 56.7 Å². The molecule has 0 bridgehead atoms. The molecule has 1 fully saturated rings. The van der Waals surface area contributed by atoms with E-state index in [0.29, 0.717) is 32.0 Å². The maximum atomic E-state index is 14.3. The Morgan fingerprint density at radius 2 is 1.87 bits per heavy atom. The number of aromatic nitrogens is 3. The zero-order valence-corrected chi connectivity index (χ0v) is 16.5. The van der Waals surface area contributed by atoms with Gasteiger partial charge in [0.05, 0.1) is 10.5 Å². The van der Waals surface area contributed by atoms with Crippen molar-refractivity contribution in [1.29, 1.82) is 0 Å². The van der Waals surface area contributed by atoms with E-state index in [-0.39, 0.29) is 28.4 Å². The van der Waals surface area contributed by atoms with Gasteiger partial charge in [-0.3, -0.25) is 19.6 Å². The molecule has 1 aliphatic rings. The van der Waals surface area contributed by atoms with Gasteiger partial charge < -0.3 is 9.80 Å². The summed E-state index contributed by atoms with van der Waals surface area (Å²) in [4.78, 5) is 31.1. The molecule has 1 saturated heterocycles. The largest absolute Gasteiger partial charge is 0.353 e. The van der Waals surface area contributed by atoms with Gasteiger partial charge in [-0.15, -0.1) is 0 Å². The molecular weight excluding hydrogens is 410 g/mol. The highest BCUT2D eigenvalue weighted by molar-refractivity contribution is 6.00. The third kappa shape index (κ3) is 4.06. The molecule has 1 aromatic carbocycles. The molecule has 160 valence electrons. The van der Waals surface area contributed by atoms with Crippen molar-refractivity contribution >= 4 is 17.4 Å². The first-order valence-corrected chi connectivity index (χ1v) is 9.47. The Bertz CT molecular complexity index is 1140. The maximum absolute atomic E-state index is 14.3. The summed E-state index contributed by atoms with van der Waals surface area (Å²) in [5, 5.41) is 15.0. The number of carbonyl (C=O) groups excluding carboxylic acids is 1. The minimum atomic E-state index is -0.790. The van der Waals surface area contributed by atoms with Gasteiger partial charge in [-0.1, -0.05) is 0 Å². The maximum Gasteiger partial charge on any atom is 0.287 e. The highest BCUT2D eigenvalue weighted by Gasteiger charge is 2.27. The number of nitro groups is 1. The van der Waals surface area contributed by atoms with E-state index in [9.17, 15) is 23.7 Å². The minimum Gasteiger partial charge on any atom is -0.353 e. The van der Waals surface area contributed by atoms with Crippen LogP contribution in [0.2, 0.25) is 0 Å². The van der Waals surface area contributed by atoms with Crippen LogP contribution in [0, 0.1) is 21.7 Å². The number of rotatable bonds is 4. The number of pyridine rings is 1. The van der Waals surface area contributed by atoms with Crippen molar-refractivity contribution in [2.45, 2.75) is 0 Å². The number of amides is 1. The third-order valence-electron chi connectivity index (χ3n) is 5.08. The Balaban J connectivity index is 1.50. The molecule has 1 amide bonds. The van der Waals surface area contributed by atoms with Crippen LogP contribution in [0.3, 0.4) is 0 Å². The van der Waals surface area contributed by atoms with E-state index in [1.807, 2.05) is 4.90 Å². The van der Waals surface area contributed by atoms with Gasteiger partial charge in [-0.2, -0.15) is 5.10 Å². The summed E-state index contributed by atoms with van der Waals surface area (Å²) < 4.78 is 29.0. The molecule has 0 N–H and O–H groups in total. The fraction of sp³-hybridized carbons (Fsp3) is 0.250. The molecule has 9 nitrogen and oxygen atoms in total. The number of halogens is 2. The average Bonchev–Trinajstić information content (AvgIpc) is 3.14. The summed E-state index contributed by atoms with van der Waals surface area (Å²) >= 11 is 0. The van der Waals surface area contributed by atoms with Gasteiger partial charge in [0.1, 0.15) is 29.3 Å². The summed E-state index contributed by atoms with van der Waals surface area (Å²) in [5.74, 6) is -1.21. The van der Waals surface area contributed by atoms with Crippen molar-refractivity contribution in [2.24, 2.45) is 7.05 Å². The van der Waals surface area contributed by atoms with Crippen molar-refractivity contribution in [1.82, 2.24) is 19.7 Å². The molecule has 1 aliphatic heterocycles. The van der Waals surface area contributed by atoms with Gasteiger partial charge in [-0.05, 0) is 18.2 Å². The summed E-state index contributed by atoms with van der Waals surface area (Å²) in [6.07, 6.45) is 2.72. The van der Waals surface area contributed by atoms with Crippen LogP contribution in [-0.2, 0) is 7.05 Å². The van der Waals surface area contributed by atoms with Crippen LogP contribution >= 0.6 is 0 Å². The van der Waals surface area contributed by atoms with E-state index in [1.165, 1.54) is 29.2 Å². The van der Waals surface area contributed by atoms with Crippen LogP contribution < -0.4 is 4.90 Å². The number of piperazine rings is 1. The van der Waals surface area contributed by atoms with Crippen LogP contribution in [0.25, 0.3) is 11.3 Å². The van der Waals surface area contributed by atoms with Crippen LogP contribution in [0.15, 0.2) is 42.7 Å². The number of hydrogen-bond donors (Lipinski definition) is 0. The first-order valence-electron chi connectivity index (χ1n) is 9.47. The fourth-order valence-corrected chi connectivity index (χ4v) is 3.51. The van der Waals surface area contributed by atoms with Gasteiger partial charge in [0.2, 0.25) is 0 Å². The van der Waals surface area contributed by atoms with Crippen molar-refractivity contribution in [2.75, 3.05) is 31.1 Å². The van der Waals surface area contributed by atoms with E-state index in [0.717, 1.165) is 12.1 Å². The lowest BCUT2D eigenvalue weighted by Gasteiger charge is -2.35. The van der Waals surface area contributed by atoms with Gasteiger partial charge in [0, 0.05) is 57.1 Å². The second-order valence-electron chi connectivity index (χ2n) is 7.10. The Labute approximate surface area is 175 Å². The van der Waals surface area contributed by atoms with E-state index < -0.39 is 16.6 Å². The SMILES string of the molecule is Cn1cc(C(=O)N2CCN(c3ccc([N+](=O)[O-])cn3)CC2)c(-c2ccc(F)cc2F)n1. The molecule has 0 saturated carbocycles. The number of anilines is 1. The Morgan fingerprint density at radius 1 is 1.13 bits per heavy atom. The van der Waals surface area contributed by atoms with Crippen molar-refractivity contribution in [3.63, 3.8) is 0 Å². The van der Waals surface area contributed by atoms with E-state index in [4.69, 9.17) is 0 Å². The number of hydrogen-bond acceptors (Lipinski definition) is 6. The highest BCUT2D eigenvalue weighted by atomic mass is 19.1. The smallest absolute Gasteiger partial charge is 0.287 e. The summed E-state index contributed by atoms with van der Waals surface area (Å²) in [6, 6.07) is 6.11. The molecule has 31 heavy (non-hydrogen) atoms. The Kier molecular flexibility index (Phi) is 5.32. The molecule has 0 radical (unpaired) electrons. The van der Waals surface area contributed by atoms with Crippen molar-refractivity contribution in [3.8, 4) is 11.3 Å². The summed E-state index contributed by atoms with van der Waals surface area (Å²) in [6.45, 7) is 1.74. The highest BCUT2D eigenvalue weighted by Crippen LogP contribution is 2.27. The van der Waals surface area contributed by atoms with Crippen LogP contribution in [0.5, 0.6) is 0 Å². The standard InChI is InChI=1S/C20H18F2N6O3/c1-25-12-16(19(24-25)15-4-2-13(21)10-17(15)22)20(29)27-8-6-26(7-9-27)18-5-3-14(11-23-18)28(30)31/h2-5,10-12H,6-9H2,1H3. The average molecular weight is 428 g/mol. The van der Waals surface area contributed by atoms with Crippen molar-refractivity contribution < 1.29 is 18.5 Å². The second kappa shape index (κ2) is 8.09. The van der Waals surface area contributed by atoms with E-state index in [2.05, 4.69) is 10.1 Å². The molecule has 0 unspecified atom stereocenters. The monoisotopic (exact) mass is 428 g/mol. The zero-order valence-electron chi connectivity index (χ0n) is 16.5. The molecule has 0 aliphatic carbocycles. The molecular formula is C20H18F2N6O3. The van der Waals surface area contributed by atoms with Gasteiger partial charge in [0.15, 0.2) is 0 Å². The Hall–Kier alpha value is -3.89. The minimum absolute atomic E-state index is 0.0547. The topological polar surface area (TPSA) is 97.4 Å². The van der Waals surface area contributed by atoms with Crippen LogP contribution in [0.1, 0.15) is 10.4 Å². The normalized spacial score (nSPS) is 14.0. The lowest BCUT2D eigenvalue weighted by atomic mass is 10.1. The molecule has 11 heteroatoms. The number of benzene rings is 1. The molecule has 2 aromatic heterocycles. The number of nitrogens with zero attached hydrogens (tertiary/aromatic N) is 6. The predicted molar refractivity (Wildman–Crippen MR) is 108 cm³/mol. The summed E-state index contributed by atoms with van der Waals surface area (Å²) in [7, 11) is 1.62.